The summed E-state index contributed by atoms with van der Waals surface area (Å²) in [6.45, 7) is 9.16. The van der Waals surface area contributed by atoms with Gasteiger partial charge < -0.3 is 4.55 Å². The van der Waals surface area contributed by atoms with E-state index in [0.29, 0.717) is 11.7 Å². The molecule has 25 heavy (non-hydrogen) atoms. The van der Waals surface area contributed by atoms with Crippen LogP contribution < -0.4 is 0 Å². The standard InChI is InChI=1S/C21H32N2OS/c1-3-5-12-21(22-25(24)17-6-4-2)20-13-15-23(16-14-20)18-19-10-8-7-9-11-19/h3,7-11,20H,1,4-6,12-18H2,2H3/b22-21-. The topological polar surface area (TPSA) is 38.7 Å². The highest BCUT2D eigenvalue weighted by Gasteiger charge is 2.25. The lowest BCUT2D eigenvalue weighted by molar-refractivity contribution is 0.201. The van der Waals surface area contributed by atoms with Gasteiger partial charge in [0.1, 0.15) is 5.75 Å². The van der Waals surface area contributed by atoms with Crippen LogP contribution in [0.1, 0.15) is 51.0 Å². The molecule has 0 amide bonds. The molecule has 2 rings (SSSR count). The van der Waals surface area contributed by atoms with Gasteiger partial charge in [0, 0.05) is 12.5 Å². The summed E-state index contributed by atoms with van der Waals surface area (Å²) in [6.07, 6.45) is 8.07. The van der Waals surface area contributed by atoms with Gasteiger partial charge in [0.25, 0.3) is 0 Å². The number of hydrogen-bond acceptors (Lipinski definition) is 3. The smallest absolute Gasteiger partial charge is 0.133 e. The van der Waals surface area contributed by atoms with Crippen molar-refractivity contribution in [1.82, 2.24) is 4.90 Å². The number of nitrogens with zero attached hydrogens (tertiary/aromatic N) is 2. The molecule has 4 heteroatoms. The van der Waals surface area contributed by atoms with Crippen LogP contribution in [0.5, 0.6) is 0 Å². The van der Waals surface area contributed by atoms with Crippen molar-refractivity contribution < 1.29 is 4.55 Å². The van der Waals surface area contributed by atoms with E-state index in [-0.39, 0.29) is 0 Å². The van der Waals surface area contributed by atoms with Crippen LogP contribution in [0, 0.1) is 5.92 Å². The van der Waals surface area contributed by atoms with Gasteiger partial charge >= 0.3 is 0 Å². The van der Waals surface area contributed by atoms with E-state index in [9.17, 15) is 4.55 Å². The molecule has 1 atom stereocenters. The van der Waals surface area contributed by atoms with E-state index < -0.39 is 11.4 Å². The Balaban J connectivity index is 1.89. The van der Waals surface area contributed by atoms with Gasteiger partial charge in [0.2, 0.25) is 0 Å². The van der Waals surface area contributed by atoms with Crippen LogP contribution in [-0.4, -0.2) is 34.0 Å². The minimum absolute atomic E-state index is 0.484. The van der Waals surface area contributed by atoms with Crippen molar-refractivity contribution in [2.45, 2.75) is 52.0 Å². The van der Waals surface area contributed by atoms with Gasteiger partial charge in [0.05, 0.1) is 17.1 Å². The first-order valence-corrected chi connectivity index (χ1v) is 10.8. The van der Waals surface area contributed by atoms with E-state index >= 15 is 0 Å². The van der Waals surface area contributed by atoms with Crippen molar-refractivity contribution in [2.24, 2.45) is 10.3 Å². The van der Waals surface area contributed by atoms with Crippen LogP contribution in [0.15, 0.2) is 47.4 Å². The molecule has 138 valence electrons. The molecule has 1 aromatic carbocycles. The van der Waals surface area contributed by atoms with Crippen molar-refractivity contribution in [3.63, 3.8) is 0 Å². The Morgan fingerprint density at radius 3 is 2.68 bits per heavy atom. The van der Waals surface area contributed by atoms with Crippen molar-refractivity contribution in [1.29, 1.82) is 0 Å². The molecule has 0 radical (unpaired) electrons. The highest BCUT2D eigenvalue weighted by atomic mass is 32.2. The van der Waals surface area contributed by atoms with Crippen molar-refractivity contribution in [3.8, 4) is 0 Å². The maximum absolute atomic E-state index is 12.2. The number of piperidine rings is 1. The number of hydrogen-bond donors (Lipinski definition) is 0. The maximum atomic E-state index is 12.2. The Hall–Kier alpha value is -1.10. The van der Waals surface area contributed by atoms with E-state index in [1.54, 1.807) is 0 Å². The molecule has 0 bridgehead atoms. The summed E-state index contributed by atoms with van der Waals surface area (Å²) in [6, 6.07) is 10.7. The molecule has 1 aliphatic rings. The Kier molecular flexibility index (Phi) is 9.30. The fraction of sp³-hybridized carbons (Fsp3) is 0.571. The molecule has 0 spiro atoms. The van der Waals surface area contributed by atoms with E-state index in [0.717, 1.165) is 63.9 Å². The lowest BCUT2D eigenvalue weighted by atomic mass is 9.89. The average molecular weight is 361 g/mol. The summed E-state index contributed by atoms with van der Waals surface area (Å²) in [7, 11) is 0. The minimum Gasteiger partial charge on any atom is -0.591 e. The monoisotopic (exact) mass is 360 g/mol. The van der Waals surface area contributed by atoms with Crippen LogP contribution in [0.4, 0.5) is 0 Å². The molecule has 1 heterocycles. The highest BCUT2D eigenvalue weighted by Crippen LogP contribution is 2.23. The van der Waals surface area contributed by atoms with Crippen LogP contribution in [0.25, 0.3) is 0 Å². The average Bonchev–Trinajstić information content (AvgIpc) is 2.65. The summed E-state index contributed by atoms with van der Waals surface area (Å²) in [5.41, 5.74) is 2.54. The van der Waals surface area contributed by atoms with Gasteiger partial charge in [-0.1, -0.05) is 54.2 Å². The third-order valence-corrected chi connectivity index (χ3v) is 5.88. The number of unbranched alkanes of at least 4 members (excludes halogenated alkanes) is 1. The zero-order chi connectivity index (χ0) is 17.9. The largest absolute Gasteiger partial charge is 0.591 e. The Morgan fingerprint density at radius 2 is 2.04 bits per heavy atom. The number of allylic oxidation sites excluding steroid dienone is 1. The quantitative estimate of drug-likeness (QED) is 0.342. The summed E-state index contributed by atoms with van der Waals surface area (Å²) < 4.78 is 16.8. The fourth-order valence-corrected chi connectivity index (χ4v) is 4.41. The minimum atomic E-state index is -1.06. The summed E-state index contributed by atoms with van der Waals surface area (Å²) in [4.78, 5) is 2.52. The molecule has 0 aromatic heterocycles. The molecule has 0 aliphatic carbocycles. The normalized spacial score (nSPS) is 18.2. The van der Waals surface area contributed by atoms with Gasteiger partial charge in [-0.25, -0.2) is 0 Å². The van der Waals surface area contributed by atoms with E-state index in [4.69, 9.17) is 0 Å². The molecule has 1 aromatic rings. The van der Waals surface area contributed by atoms with Crippen molar-refractivity contribution in [3.05, 3.63) is 48.6 Å². The Labute approximate surface area is 156 Å². The highest BCUT2D eigenvalue weighted by molar-refractivity contribution is 7.90. The first kappa shape index (κ1) is 20.2. The zero-order valence-electron chi connectivity index (χ0n) is 15.5. The van der Waals surface area contributed by atoms with Gasteiger partial charge in [-0.2, -0.15) is 0 Å². The van der Waals surface area contributed by atoms with E-state index in [2.05, 4.69) is 53.1 Å². The molecule has 1 fully saturated rings. The lowest BCUT2D eigenvalue weighted by Crippen LogP contribution is -2.36. The predicted molar refractivity (Wildman–Crippen MR) is 109 cm³/mol. The van der Waals surface area contributed by atoms with Gasteiger partial charge in [-0.15, -0.1) is 6.58 Å². The lowest BCUT2D eigenvalue weighted by Gasteiger charge is -2.32. The van der Waals surface area contributed by atoms with E-state index in [1.807, 2.05) is 6.08 Å². The third kappa shape index (κ3) is 7.35. The fourth-order valence-electron chi connectivity index (χ4n) is 3.28. The third-order valence-electron chi connectivity index (χ3n) is 4.80. The summed E-state index contributed by atoms with van der Waals surface area (Å²) >= 11 is -1.06. The molecule has 1 saturated heterocycles. The first-order valence-electron chi connectivity index (χ1n) is 9.56. The Morgan fingerprint density at radius 1 is 1.32 bits per heavy atom. The summed E-state index contributed by atoms with van der Waals surface area (Å²) in [5.74, 6) is 1.18. The van der Waals surface area contributed by atoms with Crippen LogP contribution >= 0.6 is 0 Å². The molecule has 0 N–H and O–H groups in total. The van der Waals surface area contributed by atoms with Crippen LogP contribution in [0.2, 0.25) is 0 Å². The van der Waals surface area contributed by atoms with Crippen molar-refractivity contribution >= 4 is 17.1 Å². The SMILES string of the molecule is C=CCC/C(=N/[S+]([O-])CCCC)C1CCN(Cc2ccccc2)CC1. The zero-order valence-corrected chi connectivity index (χ0v) is 16.3. The van der Waals surface area contributed by atoms with Crippen LogP contribution in [-0.2, 0) is 17.9 Å². The number of rotatable bonds is 10. The predicted octanol–water partition coefficient (Wildman–Crippen LogP) is 4.77. The van der Waals surface area contributed by atoms with Gasteiger partial charge in [-0.05, 0) is 50.8 Å². The molecule has 3 nitrogen and oxygen atoms in total. The van der Waals surface area contributed by atoms with Gasteiger partial charge in [0.15, 0.2) is 0 Å². The molecule has 1 unspecified atom stereocenters. The molecular weight excluding hydrogens is 328 g/mol. The van der Waals surface area contributed by atoms with E-state index in [1.165, 1.54) is 5.56 Å². The Bertz CT molecular complexity index is 524. The number of benzene rings is 1. The summed E-state index contributed by atoms with van der Waals surface area (Å²) in [5, 5.41) is 0. The molecular formula is C21H32N2OS. The molecule has 0 saturated carbocycles. The van der Waals surface area contributed by atoms with Gasteiger partial charge in [-0.3, -0.25) is 4.90 Å². The molecule has 1 aliphatic heterocycles. The van der Waals surface area contributed by atoms with Crippen LogP contribution in [0.3, 0.4) is 0 Å². The second kappa shape index (κ2) is 11.5. The maximum Gasteiger partial charge on any atom is 0.133 e. The number of likely N-dealkylation sites (tertiary alicyclic amines) is 1. The second-order valence-electron chi connectivity index (χ2n) is 6.83. The van der Waals surface area contributed by atoms with Crippen molar-refractivity contribution in [2.75, 3.05) is 18.8 Å². The second-order valence-corrected chi connectivity index (χ2v) is 8.06. The first-order chi connectivity index (χ1) is 12.2.